The van der Waals surface area contributed by atoms with Crippen LogP contribution in [0.1, 0.15) is 42.6 Å². The molecule has 0 saturated carbocycles. The van der Waals surface area contributed by atoms with Gasteiger partial charge >= 0.3 is 6.03 Å². The topological polar surface area (TPSA) is 61.4 Å². The van der Waals surface area contributed by atoms with E-state index < -0.39 is 0 Å². The Balaban J connectivity index is 2.80. The maximum Gasteiger partial charge on any atom is 0.319 e. The number of nitrogens with one attached hydrogen (secondary N) is 2. The van der Waals surface area contributed by atoms with Crippen LogP contribution in [-0.4, -0.2) is 37.0 Å². The molecular weight excluding hydrogens is 266 g/mol. The minimum Gasteiger partial charge on any atom is -0.345 e. The zero-order valence-corrected chi connectivity index (χ0v) is 13.5. The van der Waals surface area contributed by atoms with Crippen LogP contribution >= 0.6 is 0 Å². The van der Waals surface area contributed by atoms with Crippen LogP contribution in [0.4, 0.5) is 10.5 Å². The van der Waals surface area contributed by atoms with Gasteiger partial charge in [-0.3, -0.25) is 4.79 Å². The van der Waals surface area contributed by atoms with Crippen molar-refractivity contribution in [3.63, 3.8) is 0 Å². The number of amides is 3. The molecule has 0 unspecified atom stereocenters. The van der Waals surface area contributed by atoms with E-state index in [4.69, 9.17) is 0 Å². The van der Waals surface area contributed by atoms with Crippen molar-refractivity contribution < 1.29 is 9.59 Å². The molecular formula is C16H25N3O2. The Bertz CT molecular complexity index is 512. The van der Waals surface area contributed by atoms with Crippen LogP contribution in [0.25, 0.3) is 0 Å². The lowest BCUT2D eigenvalue weighted by Crippen LogP contribution is -2.36. The molecule has 0 aromatic heterocycles. The van der Waals surface area contributed by atoms with E-state index in [-0.39, 0.29) is 18.0 Å². The second-order valence-electron chi connectivity index (χ2n) is 5.52. The van der Waals surface area contributed by atoms with Crippen LogP contribution in [0.5, 0.6) is 0 Å². The molecule has 1 rings (SSSR count). The van der Waals surface area contributed by atoms with Crippen LogP contribution < -0.4 is 10.6 Å². The minimum atomic E-state index is -0.242. The lowest BCUT2D eigenvalue weighted by atomic mass is 10.1. The predicted molar refractivity (Wildman–Crippen MR) is 85.7 cm³/mol. The zero-order chi connectivity index (χ0) is 16.0. The highest BCUT2D eigenvalue weighted by Gasteiger charge is 2.12. The summed E-state index contributed by atoms with van der Waals surface area (Å²) in [7, 11) is 3.41. The van der Waals surface area contributed by atoms with Crippen molar-refractivity contribution >= 4 is 17.6 Å². The molecule has 1 aromatic rings. The van der Waals surface area contributed by atoms with Gasteiger partial charge in [0.05, 0.1) is 0 Å². The first-order valence-electron chi connectivity index (χ1n) is 7.25. The quantitative estimate of drug-likeness (QED) is 0.876. The van der Waals surface area contributed by atoms with Crippen molar-refractivity contribution in [3.8, 4) is 0 Å². The fourth-order valence-electron chi connectivity index (χ4n) is 2.04. The fourth-order valence-corrected chi connectivity index (χ4v) is 2.04. The van der Waals surface area contributed by atoms with Crippen LogP contribution in [0.3, 0.4) is 0 Å². The van der Waals surface area contributed by atoms with Crippen molar-refractivity contribution in [1.29, 1.82) is 0 Å². The van der Waals surface area contributed by atoms with Gasteiger partial charge in [-0.2, -0.15) is 0 Å². The molecule has 5 nitrogen and oxygen atoms in total. The summed E-state index contributed by atoms with van der Waals surface area (Å²) in [5.74, 6) is -0.0854. The first kappa shape index (κ1) is 17.0. The van der Waals surface area contributed by atoms with Crippen LogP contribution in [0.2, 0.25) is 0 Å². The number of carbonyl (C=O) groups excluding carboxylic acids is 2. The van der Waals surface area contributed by atoms with Crippen molar-refractivity contribution in [3.05, 3.63) is 29.3 Å². The number of hydrogen-bond acceptors (Lipinski definition) is 2. The summed E-state index contributed by atoms with van der Waals surface area (Å²) in [6, 6.07) is 5.19. The van der Waals surface area contributed by atoms with Gasteiger partial charge in [-0.05, 0) is 38.0 Å². The Morgan fingerprint density at radius 2 is 1.95 bits per heavy atom. The van der Waals surface area contributed by atoms with Gasteiger partial charge in [0.2, 0.25) is 0 Å². The minimum absolute atomic E-state index is 0.0854. The maximum absolute atomic E-state index is 12.0. The third-order valence-corrected chi connectivity index (χ3v) is 3.24. The molecule has 1 atom stereocenters. The molecule has 0 saturated heterocycles. The second-order valence-corrected chi connectivity index (χ2v) is 5.52. The van der Waals surface area contributed by atoms with E-state index in [2.05, 4.69) is 17.6 Å². The maximum atomic E-state index is 12.0. The van der Waals surface area contributed by atoms with Gasteiger partial charge in [0.25, 0.3) is 5.91 Å². The average Bonchev–Trinajstić information content (AvgIpc) is 2.40. The summed E-state index contributed by atoms with van der Waals surface area (Å²) in [6.45, 7) is 5.95. The molecule has 2 N–H and O–H groups in total. The first-order valence-corrected chi connectivity index (χ1v) is 7.25. The molecule has 5 heteroatoms. The number of nitrogens with zero attached hydrogens (tertiary/aromatic N) is 1. The molecule has 0 aliphatic rings. The summed E-state index contributed by atoms with van der Waals surface area (Å²) < 4.78 is 0. The van der Waals surface area contributed by atoms with E-state index in [1.807, 2.05) is 19.9 Å². The monoisotopic (exact) mass is 291 g/mol. The largest absolute Gasteiger partial charge is 0.345 e. The van der Waals surface area contributed by atoms with Gasteiger partial charge in [0.1, 0.15) is 0 Å². The number of rotatable bonds is 5. The van der Waals surface area contributed by atoms with Crippen LogP contribution in [0, 0.1) is 6.92 Å². The third kappa shape index (κ3) is 5.10. The highest BCUT2D eigenvalue weighted by molar-refractivity contribution is 5.97. The molecule has 0 spiro atoms. The molecule has 0 aliphatic carbocycles. The SMILES string of the molecule is CCC[C@@H](C)NC(=O)Nc1cc(C(=O)N(C)C)ccc1C. The van der Waals surface area contributed by atoms with Crippen molar-refractivity contribution in [1.82, 2.24) is 10.2 Å². The number of aryl methyl sites for hydroxylation is 1. The Labute approximate surface area is 126 Å². The highest BCUT2D eigenvalue weighted by Crippen LogP contribution is 2.17. The Kier molecular flexibility index (Phi) is 6.21. The van der Waals surface area contributed by atoms with Crippen molar-refractivity contribution in [2.24, 2.45) is 0 Å². The van der Waals surface area contributed by atoms with Gasteiger partial charge < -0.3 is 15.5 Å². The summed E-state index contributed by atoms with van der Waals surface area (Å²) in [6.07, 6.45) is 1.96. The lowest BCUT2D eigenvalue weighted by Gasteiger charge is -2.16. The zero-order valence-electron chi connectivity index (χ0n) is 13.5. The first-order chi connectivity index (χ1) is 9.85. The molecule has 0 heterocycles. The molecule has 116 valence electrons. The standard InChI is InChI=1S/C16H25N3O2/c1-6-7-12(3)17-16(21)18-14-10-13(9-8-11(14)2)15(20)19(4)5/h8-10,12H,6-7H2,1-5H3,(H2,17,18,21)/t12-/m1/s1. The number of benzene rings is 1. The number of anilines is 1. The predicted octanol–water partition coefficient (Wildman–Crippen LogP) is 3.01. The molecule has 21 heavy (non-hydrogen) atoms. The molecule has 0 radical (unpaired) electrons. The van der Waals surface area contributed by atoms with Gasteiger partial charge in [-0.1, -0.05) is 19.4 Å². The molecule has 1 aromatic carbocycles. The van der Waals surface area contributed by atoms with E-state index >= 15 is 0 Å². The summed E-state index contributed by atoms with van der Waals surface area (Å²) in [5, 5.41) is 5.70. The summed E-state index contributed by atoms with van der Waals surface area (Å²) in [4.78, 5) is 25.4. The third-order valence-electron chi connectivity index (χ3n) is 3.24. The van der Waals surface area contributed by atoms with E-state index in [9.17, 15) is 9.59 Å². The van der Waals surface area contributed by atoms with Gasteiger partial charge in [-0.15, -0.1) is 0 Å². The average molecular weight is 291 g/mol. The normalized spacial score (nSPS) is 11.7. The van der Waals surface area contributed by atoms with Crippen molar-refractivity contribution in [2.45, 2.75) is 39.7 Å². The van der Waals surface area contributed by atoms with E-state index in [0.717, 1.165) is 18.4 Å². The van der Waals surface area contributed by atoms with Gasteiger partial charge in [0.15, 0.2) is 0 Å². The molecule has 0 fully saturated rings. The smallest absolute Gasteiger partial charge is 0.319 e. The number of carbonyl (C=O) groups is 2. The number of hydrogen-bond donors (Lipinski definition) is 2. The fraction of sp³-hybridized carbons (Fsp3) is 0.500. The molecule has 0 bridgehead atoms. The molecule has 0 aliphatic heterocycles. The van der Waals surface area contributed by atoms with Crippen molar-refractivity contribution in [2.75, 3.05) is 19.4 Å². The molecule has 3 amide bonds. The Morgan fingerprint density at radius 1 is 1.29 bits per heavy atom. The Hall–Kier alpha value is -2.04. The van der Waals surface area contributed by atoms with Crippen LogP contribution in [-0.2, 0) is 0 Å². The van der Waals surface area contributed by atoms with Crippen LogP contribution in [0.15, 0.2) is 18.2 Å². The Morgan fingerprint density at radius 3 is 2.52 bits per heavy atom. The van der Waals surface area contributed by atoms with E-state index in [1.54, 1.807) is 26.2 Å². The summed E-state index contributed by atoms with van der Waals surface area (Å²) >= 11 is 0. The number of urea groups is 1. The second kappa shape index (κ2) is 7.67. The van der Waals surface area contributed by atoms with E-state index in [1.165, 1.54) is 4.90 Å². The van der Waals surface area contributed by atoms with Gasteiger partial charge in [-0.25, -0.2) is 4.79 Å². The highest BCUT2D eigenvalue weighted by atomic mass is 16.2. The summed E-state index contributed by atoms with van der Waals surface area (Å²) in [5.41, 5.74) is 2.13. The van der Waals surface area contributed by atoms with E-state index in [0.29, 0.717) is 11.3 Å². The lowest BCUT2D eigenvalue weighted by molar-refractivity contribution is 0.0827. The van der Waals surface area contributed by atoms with Gasteiger partial charge in [0, 0.05) is 31.4 Å².